The van der Waals surface area contributed by atoms with Crippen molar-refractivity contribution in [3.63, 3.8) is 0 Å². The zero-order chi connectivity index (χ0) is 27.1. The molecule has 0 bridgehead atoms. The van der Waals surface area contributed by atoms with Gasteiger partial charge in [-0.15, -0.1) is 11.8 Å². The van der Waals surface area contributed by atoms with E-state index in [1.807, 2.05) is 37.3 Å². The molecule has 0 saturated heterocycles. The monoisotopic (exact) mass is 545 g/mol. The van der Waals surface area contributed by atoms with E-state index in [1.54, 1.807) is 72.8 Å². The van der Waals surface area contributed by atoms with Gasteiger partial charge in [0, 0.05) is 28.9 Å². The van der Waals surface area contributed by atoms with Crippen molar-refractivity contribution in [2.24, 2.45) is 0 Å². The molecule has 0 aliphatic rings. The van der Waals surface area contributed by atoms with Gasteiger partial charge in [0.25, 0.3) is 10.0 Å². The van der Waals surface area contributed by atoms with Crippen molar-refractivity contribution in [2.45, 2.75) is 28.9 Å². The first-order valence-electron chi connectivity index (χ1n) is 11.8. The standard InChI is InChI=1S/C29H27N3O4S2/c1-20-8-18-27(19-9-20)38(35,36)32-25-14-16-26(17-15-25)37-28(22-6-4-3-5-7-22)29(34)31-24-12-10-23(11-13-24)30-21(2)33/h3-19,28,32H,1-2H3,(H,30,33)(H,31,34). The van der Waals surface area contributed by atoms with E-state index in [9.17, 15) is 18.0 Å². The van der Waals surface area contributed by atoms with Crippen molar-refractivity contribution in [3.05, 3.63) is 114 Å². The molecule has 2 amide bonds. The van der Waals surface area contributed by atoms with Crippen LogP contribution in [0.4, 0.5) is 17.1 Å². The van der Waals surface area contributed by atoms with Crippen molar-refractivity contribution >= 4 is 50.7 Å². The summed E-state index contributed by atoms with van der Waals surface area (Å²) in [6.07, 6.45) is 0. The van der Waals surface area contributed by atoms with Gasteiger partial charge in [-0.25, -0.2) is 8.42 Å². The Labute approximate surface area is 226 Å². The van der Waals surface area contributed by atoms with Crippen LogP contribution in [0.15, 0.2) is 113 Å². The molecular formula is C29H27N3O4S2. The van der Waals surface area contributed by atoms with Crippen molar-refractivity contribution < 1.29 is 18.0 Å². The Hall–Kier alpha value is -4.08. The highest BCUT2D eigenvalue weighted by molar-refractivity contribution is 8.00. The molecule has 0 aromatic heterocycles. The molecule has 0 spiro atoms. The van der Waals surface area contributed by atoms with Gasteiger partial charge in [0.15, 0.2) is 0 Å². The van der Waals surface area contributed by atoms with Crippen LogP contribution in [0.3, 0.4) is 0 Å². The van der Waals surface area contributed by atoms with E-state index in [4.69, 9.17) is 0 Å². The zero-order valence-corrected chi connectivity index (χ0v) is 22.5. The summed E-state index contributed by atoms with van der Waals surface area (Å²) in [5.41, 5.74) is 3.47. The van der Waals surface area contributed by atoms with Gasteiger partial charge in [-0.2, -0.15) is 0 Å². The van der Waals surface area contributed by atoms with Gasteiger partial charge in [0.05, 0.1) is 4.90 Å². The summed E-state index contributed by atoms with van der Waals surface area (Å²) in [5, 5.41) is 5.09. The second-order valence-corrected chi connectivity index (χ2v) is 11.5. The van der Waals surface area contributed by atoms with Crippen LogP contribution < -0.4 is 15.4 Å². The highest BCUT2D eigenvalue weighted by atomic mass is 32.2. The zero-order valence-electron chi connectivity index (χ0n) is 20.8. The number of rotatable bonds is 9. The minimum Gasteiger partial charge on any atom is -0.326 e. The molecule has 4 rings (SSSR count). The van der Waals surface area contributed by atoms with E-state index in [1.165, 1.54) is 18.7 Å². The largest absolute Gasteiger partial charge is 0.326 e. The Balaban J connectivity index is 1.48. The number of benzene rings is 4. The summed E-state index contributed by atoms with van der Waals surface area (Å²) < 4.78 is 28.0. The second kappa shape index (κ2) is 12.0. The van der Waals surface area contributed by atoms with E-state index < -0.39 is 15.3 Å². The van der Waals surface area contributed by atoms with Crippen LogP contribution in [-0.2, 0) is 19.6 Å². The summed E-state index contributed by atoms with van der Waals surface area (Å²) in [5.74, 6) is -0.381. The van der Waals surface area contributed by atoms with E-state index >= 15 is 0 Å². The summed E-state index contributed by atoms with van der Waals surface area (Å²) in [6.45, 7) is 3.33. The lowest BCUT2D eigenvalue weighted by Gasteiger charge is -2.18. The molecule has 38 heavy (non-hydrogen) atoms. The first kappa shape index (κ1) is 27.0. The Bertz CT molecular complexity index is 1510. The van der Waals surface area contributed by atoms with Crippen molar-refractivity contribution in [1.82, 2.24) is 0 Å². The van der Waals surface area contributed by atoms with E-state index in [0.717, 1.165) is 16.0 Å². The molecule has 0 radical (unpaired) electrons. The van der Waals surface area contributed by atoms with E-state index in [-0.39, 0.29) is 16.7 Å². The molecule has 7 nitrogen and oxygen atoms in total. The average Bonchev–Trinajstić information content (AvgIpc) is 2.89. The highest BCUT2D eigenvalue weighted by Gasteiger charge is 2.22. The molecule has 0 aliphatic heterocycles. The van der Waals surface area contributed by atoms with Crippen LogP contribution >= 0.6 is 11.8 Å². The number of carbonyl (C=O) groups is 2. The lowest BCUT2D eigenvalue weighted by atomic mass is 10.1. The average molecular weight is 546 g/mol. The van der Waals surface area contributed by atoms with Crippen LogP contribution in [-0.4, -0.2) is 20.2 Å². The third-order valence-corrected chi connectivity index (χ3v) is 8.17. The SMILES string of the molecule is CC(=O)Nc1ccc(NC(=O)C(Sc2ccc(NS(=O)(=O)c3ccc(C)cc3)cc2)c2ccccc2)cc1. The lowest BCUT2D eigenvalue weighted by Crippen LogP contribution is -2.19. The predicted molar refractivity (Wildman–Crippen MR) is 153 cm³/mol. The van der Waals surface area contributed by atoms with Crippen molar-refractivity contribution in [1.29, 1.82) is 0 Å². The lowest BCUT2D eigenvalue weighted by molar-refractivity contribution is -0.116. The van der Waals surface area contributed by atoms with Crippen molar-refractivity contribution in [3.8, 4) is 0 Å². The Morgan fingerprint density at radius 2 is 1.26 bits per heavy atom. The molecule has 0 fully saturated rings. The maximum Gasteiger partial charge on any atom is 0.261 e. The second-order valence-electron chi connectivity index (χ2n) is 8.60. The van der Waals surface area contributed by atoms with Gasteiger partial charge in [-0.1, -0.05) is 48.0 Å². The van der Waals surface area contributed by atoms with Crippen LogP contribution in [0.5, 0.6) is 0 Å². The molecular weight excluding hydrogens is 518 g/mol. The topological polar surface area (TPSA) is 104 Å². The van der Waals surface area contributed by atoms with Crippen LogP contribution in [0.25, 0.3) is 0 Å². The minimum absolute atomic E-state index is 0.170. The van der Waals surface area contributed by atoms with Gasteiger partial charge in [-0.3, -0.25) is 14.3 Å². The number of anilines is 3. The van der Waals surface area contributed by atoms with E-state index in [0.29, 0.717) is 17.1 Å². The molecule has 0 aliphatic carbocycles. The smallest absolute Gasteiger partial charge is 0.261 e. The maximum absolute atomic E-state index is 13.3. The fraction of sp³-hybridized carbons (Fsp3) is 0.103. The highest BCUT2D eigenvalue weighted by Crippen LogP contribution is 2.37. The van der Waals surface area contributed by atoms with Crippen LogP contribution in [0.2, 0.25) is 0 Å². The molecule has 194 valence electrons. The fourth-order valence-electron chi connectivity index (χ4n) is 3.62. The van der Waals surface area contributed by atoms with Gasteiger partial charge in [-0.05, 0) is 73.2 Å². The number of sulfonamides is 1. The molecule has 9 heteroatoms. The fourth-order valence-corrected chi connectivity index (χ4v) is 5.70. The van der Waals surface area contributed by atoms with Gasteiger partial charge >= 0.3 is 0 Å². The number of hydrogen-bond donors (Lipinski definition) is 3. The third kappa shape index (κ3) is 7.24. The quantitative estimate of drug-likeness (QED) is 0.216. The number of aryl methyl sites for hydroxylation is 1. The first-order valence-corrected chi connectivity index (χ1v) is 14.2. The van der Waals surface area contributed by atoms with E-state index in [2.05, 4.69) is 15.4 Å². The van der Waals surface area contributed by atoms with Gasteiger partial charge in [0.1, 0.15) is 5.25 Å². The molecule has 1 atom stereocenters. The minimum atomic E-state index is -3.71. The van der Waals surface area contributed by atoms with Gasteiger partial charge < -0.3 is 10.6 Å². The van der Waals surface area contributed by atoms with Crippen LogP contribution in [0.1, 0.15) is 23.3 Å². The molecule has 3 N–H and O–H groups in total. The van der Waals surface area contributed by atoms with Crippen molar-refractivity contribution in [2.75, 3.05) is 15.4 Å². The Kier molecular flexibility index (Phi) is 8.50. The summed E-state index contributed by atoms with van der Waals surface area (Å²) in [6, 6.07) is 29.9. The molecule has 4 aromatic carbocycles. The number of hydrogen-bond acceptors (Lipinski definition) is 5. The number of carbonyl (C=O) groups excluding carboxylic acids is 2. The van der Waals surface area contributed by atoms with Gasteiger partial charge in [0.2, 0.25) is 11.8 Å². The number of amides is 2. The first-order chi connectivity index (χ1) is 18.2. The Morgan fingerprint density at radius 3 is 1.84 bits per heavy atom. The third-order valence-electron chi connectivity index (χ3n) is 5.51. The Morgan fingerprint density at radius 1 is 0.711 bits per heavy atom. The summed E-state index contributed by atoms with van der Waals surface area (Å²) in [7, 11) is -3.71. The summed E-state index contributed by atoms with van der Waals surface area (Å²) >= 11 is 1.36. The molecule has 1 unspecified atom stereocenters. The molecule has 0 heterocycles. The predicted octanol–water partition coefficient (Wildman–Crippen LogP) is 6.23. The number of nitrogens with one attached hydrogen (secondary N) is 3. The number of thioether (sulfide) groups is 1. The molecule has 4 aromatic rings. The summed E-state index contributed by atoms with van der Waals surface area (Å²) in [4.78, 5) is 25.6. The normalized spacial score (nSPS) is 11.8. The molecule has 0 saturated carbocycles. The van der Waals surface area contributed by atoms with Crippen LogP contribution in [0, 0.1) is 6.92 Å². The maximum atomic E-state index is 13.3.